The summed E-state index contributed by atoms with van der Waals surface area (Å²) in [6, 6.07) is 6.50. The lowest BCUT2D eigenvalue weighted by Crippen LogP contribution is -2.43. The summed E-state index contributed by atoms with van der Waals surface area (Å²) in [4.78, 5) is 12.1. The highest BCUT2D eigenvalue weighted by Crippen LogP contribution is 2.38. The molecule has 1 fully saturated rings. The minimum Gasteiger partial charge on any atom is -0.620 e. The molecule has 0 aromatic heterocycles. The van der Waals surface area contributed by atoms with Gasteiger partial charge in [0.2, 0.25) is 0 Å². The zero-order chi connectivity index (χ0) is 15.0. The third-order valence-electron chi connectivity index (χ3n) is 4.37. The van der Waals surface area contributed by atoms with Gasteiger partial charge in [0.05, 0.1) is 19.3 Å². The molecule has 112 valence electrons. The van der Waals surface area contributed by atoms with Crippen molar-refractivity contribution < 1.29 is 19.4 Å². The lowest BCUT2D eigenvalue weighted by atomic mass is 9.84. The molecule has 1 aliphatic heterocycles. The maximum absolute atomic E-state index is 12.6. The van der Waals surface area contributed by atoms with Crippen molar-refractivity contribution >= 4 is 11.7 Å². The van der Waals surface area contributed by atoms with Crippen molar-refractivity contribution in [1.29, 1.82) is 0 Å². The van der Waals surface area contributed by atoms with Crippen LogP contribution in [-0.2, 0) is 16.0 Å². The van der Waals surface area contributed by atoms with E-state index in [1.54, 1.807) is 24.3 Å². The fourth-order valence-corrected chi connectivity index (χ4v) is 3.31. The van der Waals surface area contributed by atoms with Crippen LogP contribution in [0.15, 0.2) is 24.3 Å². The van der Waals surface area contributed by atoms with Crippen LogP contribution in [0.2, 0.25) is 0 Å². The van der Waals surface area contributed by atoms with E-state index in [2.05, 4.69) is 6.92 Å². The van der Waals surface area contributed by atoms with Gasteiger partial charge in [-0.2, -0.15) is 4.74 Å². The van der Waals surface area contributed by atoms with Crippen molar-refractivity contribution in [3.05, 3.63) is 35.0 Å². The Balaban J connectivity index is 1.87. The number of carbonyl (C=O) groups excluding carboxylic acids is 1. The molecular weight excluding hydrogens is 270 g/mol. The van der Waals surface area contributed by atoms with Gasteiger partial charge in [-0.1, -0.05) is 19.1 Å². The topological polar surface area (TPSA) is 72.6 Å². The van der Waals surface area contributed by atoms with Crippen LogP contribution in [0.3, 0.4) is 0 Å². The Morgan fingerprint density at radius 1 is 1.43 bits per heavy atom. The highest BCUT2D eigenvalue weighted by Gasteiger charge is 2.54. The van der Waals surface area contributed by atoms with E-state index in [0.29, 0.717) is 18.8 Å². The Morgan fingerprint density at radius 2 is 2.14 bits per heavy atom. The Labute approximate surface area is 123 Å². The summed E-state index contributed by atoms with van der Waals surface area (Å²) in [5.74, 6) is 0.0394. The highest BCUT2D eigenvalue weighted by atomic mass is 16.6. The summed E-state index contributed by atoms with van der Waals surface area (Å²) in [5, 5.41) is 21.9. The first-order chi connectivity index (χ1) is 10.00. The summed E-state index contributed by atoms with van der Waals surface area (Å²) >= 11 is 0. The fourth-order valence-electron chi connectivity index (χ4n) is 3.31. The number of nitrogens with zero attached hydrogens (tertiary/aromatic N) is 1. The van der Waals surface area contributed by atoms with E-state index in [0.717, 1.165) is 23.1 Å². The average Bonchev–Trinajstić information content (AvgIpc) is 2.65. The molecule has 1 aliphatic carbocycles. The van der Waals surface area contributed by atoms with E-state index >= 15 is 0 Å². The van der Waals surface area contributed by atoms with Gasteiger partial charge in [-0.25, -0.2) is 4.79 Å². The normalized spacial score (nSPS) is 29.0. The minimum atomic E-state index is -0.985. The van der Waals surface area contributed by atoms with Crippen LogP contribution in [0, 0.1) is 11.1 Å². The van der Waals surface area contributed by atoms with Crippen LogP contribution in [0.25, 0.3) is 0 Å². The second-order valence-electron chi connectivity index (χ2n) is 6.12. The Hall–Kier alpha value is -2.04. The Morgan fingerprint density at radius 3 is 2.81 bits per heavy atom. The van der Waals surface area contributed by atoms with Crippen molar-refractivity contribution in [3.63, 3.8) is 0 Å². The maximum atomic E-state index is 12.6. The van der Waals surface area contributed by atoms with Gasteiger partial charge in [-0.05, 0) is 36.5 Å². The SMILES string of the molecule is CC1CCCC2(C1)OC(=O)C(Cc1ccc(O)cc1)=[N+]2[O-]. The van der Waals surface area contributed by atoms with E-state index in [-0.39, 0.29) is 17.9 Å². The van der Waals surface area contributed by atoms with E-state index < -0.39 is 11.7 Å². The number of phenols is 1. The number of aromatic hydroxyl groups is 1. The molecule has 1 heterocycles. The number of carbonyl (C=O) groups is 1. The van der Waals surface area contributed by atoms with Gasteiger partial charge in [0, 0.05) is 0 Å². The van der Waals surface area contributed by atoms with Gasteiger partial charge in [0.25, 0.3) is 5.71 Å². The zero-order valence-corrected chi connectivity index (χ0v) is 12.0. The van der Waals surface area contributed by atoms with Crippen molar-refractivity contribution in [2.45, 2.75) is 44.8 Å². The lowest BCUT2D eigenvalue weighted by Gasteiger charge is -2.32. The molecule has 2 aliphatic rings. The molecule has 0 radical (unpaired) electrons. The van der Waals surface area contributed by atoms with Crippen molar-refractivity contribution in [3.8, 4) is 5.75 Å². The monoisotopic (exact) mass is 289 g/mol. The minimum absolute atomic E-state index is 0.161. The molecule has 0 amide bonds. The number of benzene rings is 1. The summed E-state index contributed by atoms with van der Waals surface area (Å²) in [6.07, 6.45) is 3.41. The quantitative estimate of drug-likeness (QED) is 0.515. The Bertz CT molecular complexity index is 593. The van der Waals surface area contributed by atoms with E-state index in [1.807, 2.05) is 0 Å². The molecule has 5 nitrogen and oxygen atoms in total. The smallest absolute Gasteiger partial charge is 0.405 e. The van der Waals surface area contributed by atoms with Crippen LogP contribution in [0.1, 0.15) is 38.2 Å². The molecule has 5 heteroatoms. The van der Waals surface area contributed by atoms with Crippen molar-refractivity contribution in [2.24, 2.45) is 5.92 Å². The number of hydroxylamine groups is 1. The molecule has 2 atom stereocenters. The van der Waals surface area contributed by atoms with Crippen LogP contribution < -0.4 is 0 Å². The molecule has 2 unspecified atom stereocenters. The predicted octanol–water partition coefficient (Wildman–Crippen LogP) is 2.35. The van der Waals surface area contributed by atoms with Crippen LogP contribution in [0.4, 0.5) is 0 Å². The van der Waals surface area contributed by atoms with Crippen LogP contribution in [-0.4, -0.2) is 27.3 Å². The molecule has 0 bridgehead atoms. The van der Waals surface area contributed by atoms with Crippen LogP contribution >= 0.6 is 0 Å². The number of phenolic OH excluding ortho intramolecular Hbond substituents is 1. The molecule has 1 aromatic carbocycles. The highest BCUT2D eigenvalue weighted by molar-refractivity contribution is 6.35. The van der Waals surface area contributed by atoms with Gasteiger partial charge in [-0.3, -0.25) is 0 Å². The summed E-state index contributed by atoms with van der Waals surface area (Å²) in [5.41, 5.74) is -0.0163. The summed E-state index contributed by atoms with van der Waals surface area (Å²) < 4.78 is 6.27. The van der Waals surface area contributed by atoms with Crippen molar-refractivity contribution in [1.82, 2.24) is 0 Å². The summed E-state index contributed by atoms with van der Waals surface area (Å²) in [7, 11) is 0. The largest absolute Gasteiger partial charge is 0.620 e. The molecule has 1 saturated carbocycles. The number of rotatable bonds is 2. The van der Waals surface area contributed by atoms with Crippen molar-refractivity contribution in [2.75, 3.05) is 0 Å². The number of esters is 1. The molecule has 21 heavy (non-hydrogen) atoms. The predicted molar refractivity (Wildman–Crippen MR) is 76.9 cm³/mol. The van der Waals surface area contributed by atoms with E-state index in [4.69, 9.17) is 4.74 Å². The average molecular weight is 289 g/mol. The first kappa shape index (κ1) is 13.9. The molecule has 0 saturated heterocycles. The second-order valence-corrected chi connectivity index (χ2v) is 6.12. The Kier molecular flexibility index (Phi) is 3.35. The fraction of sp³-hybridized carbons (Fsp3) is 0.500. The number of hydrogen-bond donors (Lipinski definition) is 1. The molecule has 1 N–H and O–H groups in total. The molecular formula is C16H19NO4. The van der Waals surface area contributed by atoms with Gasteiger partial charge in [-0.15, -0.1) is 0 Å². The second kappa shape index (κ2) is 5.06. The van der Waals surface area contributed by atoms with Gasteiger partial charge in [0.1, 0.15) is 5.75 Å². The number of hydrogen-bond acceptors (Lipinski definition) is 4. The lowest BCUT2D eigenvalue weighted by molar-refractivity contribution is -0.597. The summed E-state index contributed by atoms with van der Waals surface area (Å²) in [6.45, 7) is 2.08. The van der Waals surface area contributed by atoms with Gasteiger partial charge >= 0.3 is 11.7 Å². The third kappa shape index (κ3) is 2.48. The zero-order valence-electron chi connectivity index (χ0n) is 12.0. The number of ether oxygens (including phenoxy) is 1. The van der Waals surface area contributed by atoms with E-state index in [1.165, 1.54) is 0 Å². The van der Waals surface area contributed by atoms with Gasteiger partial charge < -0.3 is 15.1 Å². The molecule has 1 spiro atoms. The molecule has 1 aromatic rings. The maximum Gasteiger partial charge on any atom is 0.405 e. The van der Waals surface area contributed by atoms with Gasteiger partial charge in [0.15, 0.2) is 0 Å². The van der Waals surface area contributed by atoms with E-state index in [9.17, 15) is 15.1 Å². The standard InChI is InChI=1S/C16H19NO4/c1-11-3-2-8-16(10-11)17(20)14(15(19)21-16)9-12-4-6-13(18)7-5-12/h4-7,11,18H,2-3,8-10H2,1H3. The first-order valence-corrected chi connectivity index (χ1v) is 7.35. The van der Waals surface area contributed by atoms with Crippen LogP contribution in [0.5, 0.6) is 5.75 Å². The third-order valence-corrected chi connectivity index (χ3v) is 4.37. The first-order valence-electron chi connectivity index (χ1n) is 7.35. The molecule has 3 rings (SSSR count).